The van der Waals surface area contributed by atoms with Crippen LogP contribution in [0.3, 0.4) is 0 Å². The monoisotopic (exact) mass is 348 g/mol. The molecule has 25 heavy (non-hydrogen) atoms. The van der Waals surface area contributed by atoms with Crippen LogP contribution in [-0.4, -0.2) is 56.2 Å². The van der Waals surface area contributed by atoms with E-state index in [4.69, 9.17) is 9.47 Å². The van der Waals surface area contributed by atoms with Crippen molar-refractivity contribution in [1.82, 2.24) is 10.2 Å². The highest BCUT2D eigenvalue weighted by molar-refractivity contribution is 5.93. The molecule has 1 N–H and O–H groups in total. The summed E-state index contributed by atoms with van der Waals surface area (Å²) in [5.74, 6) is -0.186. The highest BCUT2D eigenvalue weighted by atomic mass is 16.5. The van der Waals surface area contributed by atoms with E-state index in [-0.39, 0.29) is 17.9 Å². The smallest absolute Gasteiger partial charge is 0.251 e. The maximum absolute atomic E-state index is 12.4. The topological polar surface area (TPSA) is 67.9 Å². The van der Waals surface area contributed by atoms with Crippen molar-refractivity contribution in [2.45, 2.75) is 44.9 Å². The molecule has 2 atom stereocenters. The Hall–Kier alpha value is -1.92. The maximum atomic E-state index is 12.4. The van der Waals surface area contributed by atoms with Gasteiger partial charge in [-0.1, -0.05) is 12.1 Å². The van der Waals surface area contributed by atoms with Gasteiger partial charge in [0.05, 0.1) is 12.7 Å². The number of benzene rings is 1. The number of rotatable bonds is 7. The highest BCUT2D eigenvalue weighted by Gasteiger charge is 2.21. The molecule has 2 amide bonds. The predicted octanol–water partition coefficient (Wildman–Crippen LogP) is 1.98. The zero-order valence-corrected chi connectivity index (χ0v) is 15.3. The summed E-state index contributed by atoms with van der Waals surface area (Å²) in [7, 11) is 3.36. The lowest BCUT2D eigenvalue weighted by Crippen LogP contribution is -2.37. The second kappa shape index (κ2) is 9.53. The molecule has 0 saturated carbocycles. The first-order valence-corrected chi connectivity index (χ1v) is 8.80. The van der Waals surface area contributed by atoms with E-state index in [2.05, 4.69) is 5.32 Å². The van der Waals surface area contributed by atoms with E-state index in [1.165, 1.54) is 0 Å². The summed E-state index contributed by atoms with van der Waals surface area (Å²) in [5, 5.41) is 2.59. The minimum absolute atomic E-state index is 0.0637. The molecular weight excluding hydrogens is 320 g/mol. The summed E-state index contributed by atoms with van der Waals surface area (Å²) in [6, 6.07) is 7.23. The van der Waals surface area contributed by atoms with Crippen LogP contribution < -0.4 is 5.32 Å². The normalized spacial score (nSPS) is 18.4. The molecule has 6 nitrogen and oxygen atoms in total. The lowest BCUT2D eigenvalue weighted by Gasteiger charge is -2.26. The molecule has 1 aliphatic rings. The Morgan fingerprint density at radius 3 is 2.64 bits per heavy atom. The van der Waals surface area contributed by atoms with E-state index in [1.807, 2.05) is 12.1 Å². The van der Waals surface area contributed by atoms with E-state index in [0.717, 1.165) is 31.4 Å². The average Bonchev–Trinajstić information content (AvgIpc) is 2.66. The van der Waals surface area contributed by atoms with Gasteiger partial charge >= 0.3 is 0 Å². The quantitative estimate of drug-likeness (QED) is 0.818. The number of carbonyl (C=O) groups excluding carboxylic acids is 2. The second-order valence-electron chi connectivity index (χ2n) is 6.43. The number of likely N-dealkylation sites (N-methyl/N-ethyl adjacent to an activating group) is 1. The van der Waals surface area contributed by atoms with Crippen LogP contribution in [0.2, 0.25) is 0 Å². The molecule has 1 aromatic carbocycles. The molecule has 2 rings (SSSR count). The van der Waals surface area contributed by atoms with Gasteiger partial charge in [-0.25, -0.2) is 0 Å². The van der Waals surface area contributed by atoms with Crippen molar-refractivity contribution in [3.05, 3.63) is 35.4 Å². The zero-order valence-electron chi connectivity index (χ0n) is 15.3. The molecule has 1 aliphatic heterocycles. The summed E-state index contributed by atoms with van der Waals surface area (Å²) in [4.78, 5) is 25.6. The van der Waals surface area contributed by atoms with Gasteiger partial charge in [0.1, 0.15) is 6.10 Å². The Morgan fingerprint density at radius 1 is 1.32 bits per heavy atom. The minimum Gasteiger partial charge on any atom is -0.376 e. The van der Waals surface area contributed by atoms with Crippen LogP contribution in [0, 0.1) is 0 Å². The summed E-state index contributed by atoms with van der Waals surface area (Å²) < 4.78 is 11.3. The first-order valence-electron chi connectivity index (χ1n) is 8.80. The zero-order chi connectivity index (χ0) is 18.2. The van der Waals surface area contributed by atoms with E-state index in [0.29, 0.717) is 18.7 Å². The van der Waals surface area contributed by atoms with Crippen molar-refractivity contribution < 1.29 is 19.1 Å². The molecule has 1 aromatic rings. The van der Waals surface area contributed by atoms with Gasteiger partial charge in [0.15, 0.2) is 0 Å². The number of nitrogens with zero attached hydrogens (tertiary/aromatic N) is 1. The molecule has 1 heterocycles. The molecule has 138 valence electrons. The minimum atomic E-state index is -0.499. The summed E-state index contributed by atoms with van der Waals surface area (Å²) in [5.41, 5.74) is 1.57. The molecule has 0 unspecified atom stereocenters. The van der Waals surface area contributed by atoms with Crippen LogP contribution in [0.1, 0.15) is 42.1 Å². The maximum Gasteiger partial charge on any atom is 0.251 e. The first kappa shape index (κ1) is 19.4. The van der Waals surface area contributed by atoms with Crippen molar-refractivity contribution >= 4 is 11.8 Å². The number of ether oxygens (including phenoxy) is 2. The van der Waals surface area contributed by atoms with Crippen LogP contribution in [-0.2, 0) is 20.8 Å². The van der Waals surface area contributed by atoms with Crippen LogP contribution in [0.25, 0.3) is 0 Å². The fraction of sp³-hybridized carbons (Fsp3) is 0.579. The lowest BCUT2D eigenvalue weighted by atomic mass is 10.1. The standard InChI is InChI=1S/C19H28N2O4/c1-14(25-13-17-6-4-5-11-24-17)19(23)21(3)12-15-7-9-16(10-8-15)18(22)20-2/h7-10,14,17H,4-6,11-13H2,1-3H3,(H,20,22)/t14-,17+/m1/s1. The van der Waals surface area contributed by atoms with Gasteiger partial charge in [-0.3, -0.25) is 9.59 Å². The predicted molar refractivity (Wildman–Crippen MR) is 95.3 cm³/mol. The fourth-order valence-electron chi connectivity index (χ4n) is 2.83. The Morgan fingerprint density at radius 2 is 2.04 bits per heavy atom. The summed E-state index contributed by atoms with van der Waals surface area (Å²) in [6.07, 6.45) is 2.86. The van der Waals surface area contributed by atoms with Crippen molar-refractivity contribution in [2.24, 2.45) is 0 Å². The van der Waals surface area contributed by atoms with Crippen molar-refractivity contribution in [1.29, 1.82) is 0 Å². The molecule has 0 spiro atoms. The molecule has 6 heteroatoms. The highest BCUT2D eigenvalue weighted by Crippen LogP contribution is 2.14. The van der Waals surface area contributed by atoms with Crippen LogP contribution >= 0.6 is 0 Å². The number of amides is 2. The van der Waals surface area contributed by atoms with E-state index >= 15 is 0 Å². The van der Waals surface area contributed by atoms with Gasteiger partial charge in [-0.05, 0) is 43.9 Å². The second-order valence-corrected chi connectivity index (χ2v) is 6.43. The first-order chi connectivity index (χ1) is 12.0. The third-order valence-electron chi connectivity index (χ3n) is 4.39. The number of hydrogen-bond donors (Lipinski definition) is 1. The molecule has 0 radical (unpaired) electrons. The summed E-state index contributed by atoms with van der Waals surface area (Å²) >= 11 is 0. The molecule has 1 saturated heterocycles. The van der Waals surface area contributed by atoms with Gasteiger partial charge in [0.2, 0.25) is 0 Å². The summed E-state index contributed by atoms with van der Waals surface area (Å²) in [6.45, 7) is 3.49. The number of hydrogen-bond acceptors (Lipinski definition) is 4. The number of nitrogens with one attached hydrogen (secondary N) is 1. The van der Waals surface area contributed by atoms with Crippen LogP contribution in [0.15, 0.2) is 24.3 Å². The molecule has 1 fully saturated rings. The van der Waals surface area contributed by atoms with E-state index in [1.54, 1.807) is 38.1 Å². The Bertz CT molecular complexity index is 567. The van der Waals surface area contributed by atoms with Crippen LogP contribution in [0.5, 0.6) is 0 Å². The van der Waals surface area contributed by atoms with Crippen LogP contribution in [0.4, 0.5) is 0 Å². The van der Waals surface area contributed by atoms with E-state index in [9.17, 15) is 9.59 Å². The van der Waals surface area contributed by atoms with Crippen molar-refractivity contribution in [3.63, 3.8) is 0 Å². The largest absolute Gasteiger partial charge is 0.376 e. The van der Waals surface area contributed by atoms with Gasteiger partial charge in [0.25, 0.3) is 11.8 Å². The number of carbonyl (C=O) groups is 2. The van der Waals surface area contributed by atoms with Gasteiger partial charge in [-0.2, -0.15) is 0 Å². The third kappa shape index (κ3) is 5.83. The molecule has 0 aliphatic carbocycles. The van der Waals surface area contributed by atoms with Gasteiger partial charge < -0.3 is 19.7 Å². The van der Waals surface area contributed by atoms with Gasteiger partial charge in [0, 0.05) is 32.8 Å². The molecule has 0 aromatic heterocycles. The molecule has 0 bridgehead atoms. The average molecular weight is 348 g/mol. The van der Waals surface area contributed by atoms with E-state index < -0.39 is 6.10 Å². The Labute approximate surface area is 149 Å². The third-order valence-corrected chi connectivity index (χ3v) is 4.39. The fourth-order valence-corrected chi connectivity index (χ4v) is 2.83. The Kier molecular flexibility index (Phi) is 7.40. The molecular formula is C19H28N2O4. The van der Waals surface area contributed by atoms with Gasteiger partial charge in [-0.15, -0.1) is 0 Å². The van der Waals surface area contributed by atoms with Crippen molar-refractivity contribution in [2.75, 3.05) is 27.3 Å². The lowest BCUT2D eigenvalue weighted by molar-refractivity contribution is -0.145. The SMILES string of the molecule is CNC(=O)c1ccc(CN(C)C(=O)[C@@H](C)OC[C@@H]2CCCCO2)cc1. The Balaban J connectivity index is 1.81. The van der Waals surface area contributed by atoms with Crippen molar-refractivity contribution in [3.8, 4) is 0 Å².